The zero-order valence-corrected chi connectivity index (χ0v) is 68.2. The molecule has 0 radical (unpaired) electrons. The summed E-state index contributed by atoms with van der Waals surface area (Å²) < 4.78 is 5.60. The van der Waals surface area contributed by atoms with Gasteiger partial charge in [0.15, 0.2) is 0 Å². The van der Waals surface area contributed by atoms with E-state index in [2.05, 4.69) is 143 Å². The van der Waals surface area contributed by atoms with E-state index in [0.717, 1.165) is 96.1 Å². The maximum absolute atomic E-state index is 10.9. The molecule has 0 fully saturated rings. The first-order valence-corrected chi connectivity index (χ1v) is 42.0. The third-order valence-corrected chi connectivity index (χ3v) is 22.5. The number of nitrogen functional groups attached to an aromatic ring is 6. The molecular formula is C86H120N16O3S3. The van der Waals surface area contributed by atoms with Crippen molar-refractivity contribution in [3.8, 4) is 37.6 Å². The van der Waals surface area contributed by atoms with Crippen molar-refractivity contribution in [1.82, 2.24) is 49.8 Å². The van der Waals surface area contributed by atoms with Crippen LogP contribution in [0.15, 0.2) is 91.1 Å². The van der Waals surface area contributed by atoms with Gasteiger partial charge in [-0.1, -0.05) is 191 Å². The summed E-state index contributed by atoms with van der Waals surface area (Å²) in [5, 5.41) is 24.6. The van der Waals surface area contributed by atoms with Crippen molar-refractivity contribution in [1.29, 1.82) is 0 Å². The molecule has 14 N–H and O–H groups in total. The number of aryl methyl sites for hydroxylation is 14. The Bertz CT molecular complexity index is 4320. The van der Waals surface area contributed by atoms with Crippen LogP contribution < -0.4 is 39.1 Å². The van der Waals surface area contributed by atoms with Crippen molar-refractivity contribution in [2.45, 2.75) is 267 Å². The second-order valence-corrected chi connectivity index (χ2v) is 32.0. The normalized spacial score (nSPS) is 11.4. The Hall–Kier alpha value is -8.54. The molecule has 0 aliphatic heterocycles. The van der Waals surface area contributed by atoms with Crippen LogP contribution in [-0.2, 0) is 76.4 Å². The van der Waals surface area contributed by atoms with Gasteiger partial charge < -0.3 is 49.4 Å². The highest BCUT2D eigenvalue weighted by Gasteiger charge is 2.35. The van der Waals surface area contributed by atoms with Gasteiger partial charge in [0.2, 0.25) is 11.7 Å². The van der Waals surface area contributed by atoms with Crippen molar-refractivity contribution in [3.05, 3.63) is 179 Å². The lowest BCUT2D eigenvalue weighted by Gasteiger charge is -2.20. The van der Waals surface area contributed by atoms with E-state index in [1.165, 1.54) is 186 Å². The lowest BCUT2D eigenvalue weighted by molar-refractivity contribution is -0.172. The Morgan fingerprint density at radius 2 is 0.759 bits per heavy atom. The van der Waals surface area contributed by atoms with Crippen LogP contribution in [0.2, 0.25) is 0 Å². The van der Waals surface area contributed by atoms with E-state index >= 15 is 0 Å². The fraction of sp³-hybridized carbons (Fsp3) is 0.488. The molecule has 19 nitrogen and oxygen atoms in total. The summed E-state index contributed by atoms with van der Waals surface area (Å²) in [5.74, 6) is 1.74. The van der Waals surface area contributed by atoms with Gasteiger partial charge in [-0.15, -0.1) is 34.0 Å². The Labute approximate surface area is 654 Å². The summed E-state index contributed by atoms with van der Waals surface area (Å²) in [6.45, 7) is 20.2. The van der Waals surface area contributed by atoms with E-state index in [1.54, 1.807) is 24.4 Å². The molecule has 7 aromatic heterocycles. The molecule has 0 aliphatic carbocycles. The summed E-state index contributed by atoms with van der Waals surface area (Å²) in [4.78, 5) is 47.9. The number of nitrogens with two attached hydrogens (primary N) is 6. The third kappa shape index (κ3) is 27.8. The lowest BCUT2D eigenvalue weighted by atomic mass is 9.98. The quantitative estimate of drug-likeness (QED) is 0.0130. The maximum atomic E-state index is 10.9. The minimum atomic E-state index is -2.27. The zero-order chi connectivity index (χ0) is 77.4. The average Bonchev–Trinajstić information content (AvgIpc) is 1.59. The number of hydrogen-bond donors (Lipinski definition) is 8. The Morgan fingerprint density at radius 1 is 0.361 bits per heavy atom. The summed E-state index contributed by atoms with van der Waals surface area (Å²) in [5.41, 5.74) is 50.6. The molecule has 108 heavy (non-hydrogen) atoms. The zero-order valence-electron chi connectivity index (χ0n) is 65.8. The fourth-order valence-electron chi connectivity index (χ4n) is 13.5. The topological polar surface area (TPSA) is 335 Å². The summed E-state index contributed by atoms with van der Waals surface area (Å²) in [6, 6.07) is 28.9. The SMILES string of the molecule is CCCCCCCCCCc1cc(-c2nc(CCc3nc(N)cc(N)n3)c(CCC)s2)ccc1C.CCCOc1cc(-c2nc(C(O)(O)Cc3nc(N)cc(N)n3)c(CCC)s2)ccn1.CCCc1sc(-c2ccc(C)c(CCCCCCCCCCc3cc(C)cc(C)c3)c2)nc1CCc1nc(N)cc(N)n1. The first-order chi connectivity index (χ1) is 52.1. The van der Waals surface area contributed by atoms with E-state index in [1.807, 2.05) is 42.6 Å². The van der Waals surface area contributed by atoms with Gasteiger partial charge in [0.05, 0.1) is 24.4 Å². The third-order valence-electron chi connectivity index (χ3n) is 18.9. The van der Waals surface area contributed by atoms with E-state index in [-0.39, 0.29) is 29.6 Å². The van der Waals surface area contributed by atoms with Gasteiger partial charge >= 0.3 is 0 Å². The van der Waals surface area contributed by atoms with Gasteiger partial charge in [-0.05, 0) is 151 Å². The number of aromatic nitrogens is 10. The van der Waals surface area contributed by atoms with Crippen LogP contribution in [0, 0.1) is 27.7 Å². The molecule has 0 bridgehead atoms. The molecule has 0 atom stereocenters. The lowest BCUT2D eigenvalue weighted by Crippen LogP contribution is -2.30. The number of anilines is 6. The minimum Gasteiger partial charge on any atom is -0.478 e. The van der Waals surface area contributed by atoms with Gasteiger partial charge in [0.25, 0.3) is 0 Å². The molecule has 10 aromatic rings. The average molecular weight is 1520 g/mol. The number of pyridine rings is 1. The monoisotopic (exact) mass is 1520 g/mol. The summed E-state index contributed by atoms with van der Waals surface area (Å²) >= 11 is 5.08. The Balaban J connectivity index is 0.000000208. The molecule has 0 spiro atoms. The van der Waals surface area contributed by atoms with Crippen LogP contribution in [0.25, 0.3) is 31.7 Å². The van der Waals surface area contributed by atoms with E-state index in [4.69, 9.17) is 49.1 Å². The first-order valence-electron chi connectivity index (χ1n) is 39.6. The van der Waals surface area contributed by atoms with Crippen LogP contribution >= 0.6 is 34.0 Å². The van der Waals surface area contributed by atoms with Gasteiger partial charge in [-0.25, -0.2) is 49.8 Å². The summed E-state index contributed by atoms with van der Waals surface area (Å²) in [6.07, 6.45) is 36.0. The number of ether oxygens (including phenoxy) is 1. The van der Waals surface area contributed by atoms with Crippen LogP contribution in [0.1, 0.15) is 251 Å². The Kier molecular flexibility index (Phi) is 34.8. The summed E-state index contributed by atoms with van der Waals surface area (Å²) in [7, 11) is 0. The largest absolute Gasteiger partial charge is 0.478 e. The molecule has 0 aliphatic rings. The molecule has 22 heteroatoms. The van der Waals surface area contributed by atoms with E-state index in [0.29, 0.717) is 71.7 Å². The molecule has 0 saturated carbocycles. The van der Waals surface area contributed by atoms with Crippen LogP contribution in [0.4, 0.5) is 34.9 Å². The first kappa shape index (κ1) is 85.1. The standard InChI is InChI=1S/C37H51N5S.C29H43N5S.C20H26N6O3S/c1-5-14-33-32(19-20-36-41-34(38)25-35(39)42-36)40-37(43-33)31-18-17-28(4)30(24-31)16-13-11-9-7-6-8-10-12-15-29-22-26(2)21-27(3)23-29;1-4-6-7-8-9-10-11-12-14-22-19-23(16-15-21(22)3)29-32-24(25(35-29)13-5-2)17-18-28-33-26(30)20-27(31)34-28;1-3-5-13-18(20(27,28)11-16-24-14(21)10-15(22)25-16)26-19(30-13)12-6-7-23-17(9-12)29-8-4-2/h17-18,21-25H,5-16,19-20H2,1-4H3,(H4,38,39,41,42);15-16,19-20H,4-14,17-18H2,1-3H3,(H4,30,31,33,34);6-7,9-10,27-28H,3-5,8,11H2,1-2H3,(H4,21,22,24,25). The molecule has 3 aromatic carbocycles. The molecular weight excluding hydrogens is 1400 g/mol. The maximum Gasteiger partial charge on any atom is 0.215 e. The smallest absolute Gasteiger partial charge is 0.215 e. The van der Waals surface area contributed by atoms with Gasteiger partial charge in [0.1, 0.15) is 73.1 Å². The minimum absolute atomic E-state index is 0.133. The van der Waals surface area contributed by atoms with Gasteiger partial charge in [-0.3, -0.25) is 0 Å². The predicted octanol–water partition coefficient (Wildman–Crippen LogP) is 19.1. The second kappa shape index (κ2) is 44.2. The number of unbranched alkanes of at least 4 members (excludes halogenated alkanes) is 14. The van der Waals surface area contributed by atoms with Gasteiger partial charge in [-0.2, -0.15) is 0 Å². The number of rotatable bonds is 41. The van der Waals surface area contributed by atoms with Crippen molar-refractivity contribution in [2.24, 2.45) is 0 Å². The van der Waals surface area contributed by atoms with Crippen LogP contribution in [-0.4, -0.2) is 66.7 Å². The van der Waals surface area contributed by atoms with Crippen LogP contribution in [0.5, 0.6) is 5.88 Å². The molecule has 10 rings (SSSR count). The van der Waals surface area contributed by atoms with Crippen molar-refractivity contribution < 1.29 is 14.9 Å². The van der Waals surface area contributed by atoms with Crippen LogP contribution in [0.3, 0.4) is 0 Å². The van der Waals surface area contributed by atoms with Crippen molar-refractivity contribution in [2.75, 3.05) is 41.0 Å². The molecule has 0 saturated heterocycles. The molecule has 580 valence electrons. The molecule has 0 unspecified atom stereocenters. The van der Waals surface area contributed by atoms with Crippen molar-refractivity contribution >= 4 is 68.9 Å². The predicted molar refractivity (Wildman–Crippen MR) is 451 cm³/mol. The number of aliphatic hydroxyl groups is 2. The fourth-order valence-corrected chi connectivity index (χ4v) is 17.1. The van der Waals surface area contributed by atoms with E-state index in [9.17, 15) is 10.2 Å². The van der Waals surface area contributed by atoms with E-state index < -0.39 is 5.79 Å². The molecule has 7 heterocycles. The Morgan fingerprint density at radius 3 is 1.20 bits per heavy atom. The highest BCUT2D eigenvalue weighted by atomic mass is 32.1. The van der Waals surface area contributed by atoms with Gasteiger partial charge in [0, 0.05) is 74.6 Å². The van der Waals surface area contributed by atoms with Crippen molar-refractivity contribution in [3.63, 3.8) is 0 Å². The number of benzene rings is 3. The number of thiazole rings is 3. The number of hydrogen-bond acceptors (Lipinski definition) is 22. The number of nitrogens with zero attached hydrogens (tertiary/aromatic N) is 10. The highest BCUT2D eigenvalue weighted by Crippen LogP contribution is 2.38. The molecule has 0 amide bonds. The second-order valence-electron chi connectivity index (χ2n) is 28.8. The highest BCUT2D eigenvalue weighted by molar-refractivity contribution is 7.15.